The highest BCUT2D eigenvalue weighted by Crippen LogP contribution is 2.40. The van der Waals surface area contributed by atoms with E-state index in [1.54, 1.807) is 16.3 Å². The lowest BCUT2D eigenvalue weighted by Gasteiger charge is -2.10. The molecule has 0 saturated carbocycles. The Kier molecular flexibility index (Phi) is 5.53. The number of aromatic nitrogens is 1. The van der Waals surface area contributed by atoms with E-state index in [1.165, 1.54) is 4.90 Å². The normalized spacial score (nSPS) is 10.9. The van der Waals surface area contributed by atoms with Crippen LogP contribution in [0.1, 0.15) is 0 Å². The first-order chi connectivity index (χ1) is 14.2. The second-order valence-electron chi connectivity index (χ2n) is 6.54. The molecule has 0 bridgehead atoms. The van der Waals surface area contributed by atoms with E-state index < -0.39 is 0 Å². The molecule has 6 heteroatoms. The maximum absolute atomic E-state index is 11.3. The Morgan fingerprint density at radius 2 is 1.72 bits per heavy atom. The summed E-state index contributed by atoms with van der Waals surface area (Å²) in [4.78, 5) is 12.5. The monoisotopic (exact) mass is 404 g/mol. The number of fused-ring (bicyclic) bond motifs is 1. The smallest absolute Gasteiger partial charge is 0.222 e. The first-order valence-corrected chi connectivity index (χ1v) is 10.4. The zero-order chi connectivity index (χ0) is 20.2. The molecule has 0 unspecified atom stereocenters. The molecule has 146 valence electrons. The number of thioether (sulfide) groups is 1. The fraction of sp³-hybridized carbons (Fsp3) is 0.130. The van der Waals surface area contributed by atoms with Gasteiger partial charge in [-0.05, 0) is 59.0 Å². The van der Waals surface area contributed by atoms with Gasteiger partial charge in [0, 0.05) is 10.3 Å². The minimum atomic E-state index is -0.137. The molecular weight excluding hydrogens is 384 g/mol. The zero-order valence-electron chi connectivity index (χ0n) is 15.9. The molecule has 0 saturated heterocycles. The predicted octanol–water partition coefficient (Wildman–Crippen LogP) is 6.21. The Balaban J connectivity index is 1.68. The molecule has 1 heterocycles. The minimum Gasteiger partial charge on any atom is -0.493 e. The van der Waals surface area contributed by atoms with E-state index in [-0.39, 0.29) is 11.6 Å². The molecule has 0 fully saturated rings. The first-order valence-electron chi connectivity index (χ1n) is 9.22. The summed E-state index contributed by atoms with van der Waals surface area (Å²) in [7, 11) is 0. The molecule has 1 N–H and O–H groups in total. The molecule has 0 aliphatic carbocycles. The van der Waals surface area contributed by atoms with Gasteiger partial charge in [-0.25, -0.2) is 0 Å². The average molecular weight is 404 g/mol. The van der Waals surface area contributed by atoms with E-state index in [1.807, 2.05) is 54.8 Å². The number of hydrogen-bond donors (Lipinski definition) is 1. The van der Waals surface area contributed by atoms with Gasteiger partial charge in [0.05, 0.1) is 12.1 Å². The molecule has 29 heavy (non-hydrogen) atoms. The zero-order valence-corrected chi connectivity index (χ0v) is 16.7. The van der Waals surface area contributed by atoms with Crippen molar-refractivity contribution < 1.29 is 9.84 Å². The van der Waals surface area contributed by atoms with Crippen molar-refractivity contribution in [3.63, 3.8) is 0 Å². The molecule has 4 rings (SSSR count). The summed E-state index contributed by atoms with van der Waals surface area (Å²) in [6.07, 6.45) is 2.04. The lowest BCUT2D eigenvalue weighted by atomic mass is 10.0. The second-order valence-corrected chi connectivity index (χ2v) is 7.42. The van der Waals surface area contributed by atoms with Crippen LogP contribution in [0.25, 0.3) is 22.0 Å². The van der Waals surface area contributed by atoms with Crippen molar-refractivity contribution in [3.8, 4) is 22.8 Å². The lowest BCUT2D eigenvalue weighted by Crippen LogP contribution is -2.07. The van der Waals surface area contributed by atoms with Gasteiger partial charge in [0.2, 0.25) is 5.88 Å². The third-order valence-electron chi connectivity index (χ3n) is 4.85. The van der Waals surface area contributed by atoms with Crippen LogP contribution in [0.3, 0.4) is 0 Å². The van der Waals surface area contributed by atoms with E-state index >= 15 is 0 Å². The standard InChI is InChI=1S/C23H20N2O3S/c1-29-19-10-7-16(8-11-19)17-9-12-20-21(15-17)25(23(26)22(20)24-27)13-14-28-18-5-3-2-4-6-18/h2-12,15,26H,13-14H2,1H3. The van der Waals surface area contributed by atoms with Gasteiger partial charge in [0.25, 0.3) is 0 Å². The number of nitrogens with zero attached hydrogens (tertiary/aromatic N) is 2. The number of rotatable bonds is 7. The molecule has 0 atom stereocenters. The van der Waals surface area contributed by atoms with Crippen molar-refractivity contribution in [3.05, 3.63) is 77.7 Å². The molecule has 3 aromatic carbocycles. The summed E-state index contributed by atoms with van der Waals surface area (Å²) in [5, 5.41) is 14.2. The van der Waals surface area contributed by atoms with Gasteiger partial charge in [-0.1, -0.05) is 36.4 Å². The Hall–Kier alpha value is -3.25. The highest BCUT2D eigenvalue weighted by Gasteiger charge is 2.18. The van der Waals surface area contributed by atoms with Crippen molar-refractivity contribution in [2.45, 2.75) is 11.4 Å². The largest absolute Gasteiger partial charge is 0.493 e. The first kappa shape index (κ1) is 19.1. The Bertz CT molecular complexity index is 1140. The van der Waals surface area contributed by atoms with Crippen molar-refractivity contribution in [2.75, 3.05) is 12.9 Å². The molecule has 4 aromatic rings. The van der Waals surface area contributed by atoms with Crippen molar-refractivity contribution in [1.29, 1.82) is 0 Å². The van der Waals surface area contributed by atoms with Gasteiger partial charge >= 0.3 is 0 Å². The molecular formula is C23H20N2O3S. The number of para-hydroxylation sites is 1. The topological polar surface area (TPSA) is 63.8 Å². The summed E-state index contributed by atoms with van der Waals surface area (Å²) in [6, 6.07) is 23.5. The van der Waals surface area contributed by atoms with Crippen LogP contribution in [0.4, 0.5) is 5.69 Å². The van der Waals surface area contributed by atoms with Gasteiger partial charge < -0.3 is 14.4 Å². The molecule has 0 aliphatic rings. The van der Waals surface area contributed by atoms with Gasteiger partial charge in [0.1, 0.15) is 12.4 Å². The highest BCUT2D eigenvalue weighted by molar-refractivity contribution is 7.98. The molecule has 0 amide bonds. The third kappa shape index (κ3) is 3.84. The fourth-order valence-electron chi connectivity index (χ4n) is 3.37. The van der Waals surface area contributed by atoms with E-state index in [0.29, 0.717) is 18.5 Å². The van der Waals surface area contributed by atoms with Gasteiger partial charge in [-0.2, -0.15) is 0 Å². The molecule has 0 spiro atoms. The SMILES string of the molecule is CSc1ccc(-c2ccc3c(N=O)c(O)n(CCOc4ccccc4)c3c2)cc1. The number of aromatic hydroxyl groups is 1. The maximum Gasteiger partial charge on any atom is 0.222 e. The van der Waals surface area contributed by atoms with E-state index in [4.69, 9.17) is 4.74 Å². The Morgan fingerprint density at radius 3 is 2.41 bits per heavy atom. The summed E-state index contributed by atoms with van der Waals surface area (Å²) in [6.45, 7) is 0.744. The van der Waals surface area contributed by atoms with Crippen LogP contribution < -0.4 is 4.74 Å². The van der Waals surface area contributed by atoms with Crippen LogP contribution in [-0.4, -0.2) is 22.5 Å². The number of benzene rings is 3. The van der Waals surface area contributed by atoms with E-state index in [0.717, 1.165) is 22.4 Å². The Morgan fingerprint density at radius 1 is 1.00 bits per heavy atom. The van der Waals surface area contributed by atoms with Crippen LogP contribution in [0.2, 0.25) is 0 Å². The van der Waals surface area contributed by atoms with Crippen molar-refractivity contribution in [1.82, 2.24) is 4.57 Å². The minimum absolute atomic E-state index is 0.0593. The van der Waals surface area contributed by atoms with Crippen LogP contribution in [0, 0.1) is 4.91 Å². The molecule has 0 radical (unpaired) electrons. The van der Waals surface area contributed by atoms with Crippen LogP contribution in [0.15, 0.2) is 82.9 Å². The second kappa shape index (κ2) is 8.41. The summed E-state index contributed by atoms with van der Waals surface area (Å²) >= 11 is 1.70. The van der Waals surface area contributed by atoms with Gasteiger partial charge in [0.15, 0.2) is 5.69 Å². The summed E-state index contributed by atoms with van der Waals surface area (Å²) in [5.41, 5.74) is 2.88. The van der Waals surface area contributed by atoms with E-state index in [2.05, 4.69) is 29.4 Å². The van der Waals surface area contributed by atoms with Gasteiger partial charge in [-0.3, -0.25) is 0 Å². The van der Waals surface area contributed by atoms with E-state index in [9.17, 15) is 10.0 Å². The highest BCUT2D eigenvalue weighted by atomic mass is 32.2. The van der Waals surface area contributed by atoms with Crippen LogP contribution >= 0.6 is 11.8 Å². The maximum atomic E-state index is 11.3. The predicted molar refractivity (Wildman–Crippen MR) is 118 cm³/mol. The summed E-state index contributed by atoms with van der Waals surface area (Å²) < 4.78 is 7.43. The molecule has 5 nitrogen and oxygen atoms in total. The average Bonchev–Trinajstić information content (AvgIpc) is 3.04. The third-order valence-corrected chi connectivity index (χ3v) is 5.60. The summed E-state index contributed by atoms with van der Waals surface area (Å²) in [5.74, 6) is 0.619. The van der Waals surface area contributed by atoms with Crippen molar-refractivity contribution in [2.24, 2.45) is 5.18 Å². The Labute approximate surface area is 172 Å². The molecule has 0 aliphatic heterocycles. The quantitative estimate of drug-likeness (QED) is 0.294. The van der Waals surface area contributed by atoms with Crippen molar-refractivity contribution >= 4 is 28.4 Å². The number of nitroso groups, excluding NO2 is 1. The fourth-order valence-corrected chi connectivity index (χ4v) is 3.78. The van der Waals surface area contributed by atoms with Crippen LogP contribution in [-0.2, 0) is 6.54 Å². The lowest BCUT2D eigenvalue weighted by molar-refractivity contribution is 0.290. The molecule has 1 aromatic heterocycles. The van der Waals surface area contributed by atoms with Crippen LogP contribution in [0.5, 0.6) is 11.6 Å². The number of hydrogen-bond acceptors (Lipinski definition) is 5. The van der Waals surface area contributed by atoms with Gasteiger partial charge in [-0.15, -0.1) is 16.7 Å². The number of ether oxygens (including phenoxy) is 1.